The predicted molar refractivity (Wildman–Crippen MR) is 84.9 cm³/mol. The SMILES string of the molecule is CC(C)(C)OC(=O)N[C@H]1CC2(COc3ccccc3)CC1C2. The van der Waals surface area contributed by atoms with Gasteiger partial charge in [0.2, 0.25) is 0 Å². The number of fused-ring (bicyclic) bond motifs is 1. The zero-order valence-electron chi connectivity index (χ0n) is 13.6. The summed E-state index contributed by atoms with van der Waals surface area (Å²) in [6.07, 6.45) is 2.97. The monoisotopic (exact) mass is 303 g/mol. The van der Waals surface area contributed by atoms with Gasteiger partial charge in [0, 0.05) is 11.5 Å². The van der Waals surface area contributed by atoms with Crippen molar-refractivity contribution in [1.82, 2.24) is 5.32 Å². The zero-order valence-corrected chi connectivity index (χ0v) is 13.6. The van der Waals surface area contributed by atoms with Crippen LogP contribution in [0.2, 0.25) is 0 Å². The van der Waals surface area contributed by atoms with Crippen LogP contribution in [0.25, 0.3) is 0 Å². The molecule has 0 spiro atoms. The molecule has 1 amide bonds. The molecule has 3 fully saturated rings. The molecule has 3 aliphatic rings. The van der Waals surface area contributed by atoms with Crippen molar-refractivity contribution in [3.8, 4) is 5.75 Å². The van der Waals surface area contributed by atoms with Gasteiger partial charge in [-0.15, -0.1) is 0 Å². The van der Waals surface area contributed by atoms with Crippen molar-refractivity contribution in [1.29, 1.82) is 0 Å². The number of para-hydroxylation sites is 1. The van der Waals surface area contributed by atoms with Crippen LogP contribution in [0.4, 0.5) is 4.79 Å². The van der Waals surface area contributed by atoms with Crippen LogP contribution < -0.4 is 10.1 Å². The highest BCUT2D eigenvalue weighted by atomic mass is 16.6. The van der Waals surface area contributed by atoms with E-state index in [0.29, 0.717) is 5.92 Å². The second-order valence-electron chi connectivity index (χ2n) is 7.73. The Kier molecular flexibility index (Phi) is 3.79. The molecule has 22 heavy (non-hydrogen) atoms. The van der Waals surface area contributed by atoms with E-state index in [2.05, 4.69) is 5.32 Å². The third-order valence-electron chi connectivity index (χ3n) is 4.60. The molecule has 4 rings (SSSR count). The molecule has 0 heterocycles. The molecule has 2 bridgehead atoms. The molecular formula is C18H25NO3. The average Bonchev–Trinajstić information content (AvgIpc) is 2.89. The van der Waals surface area contributed by atoms with Gasteiger partial charge in [0.25, 0.3) is 0 Å². The van der Waals surface area contributed by atoms with E-state index in [1.54, 1.807) is 0 Å². The van der Waals surface area contributed by atoms with Crippen LogP contribution in [0, 0.1) is 11.3 Å². The Hall–Kier alpha value is -1.71. The van der Waals surface area contributed by atoms with E-state index in [9.17, 15) is 4.79 Å². The van der Waals surface area contributed by atoms with Crippen LogP contribution in [-0.4, -0.2) is 24.3 Å². The Bertz CT molecular complexity index is 529. The van der Waals surface area contributed by atoms with Crippen LogP contribution in [0.5, 0.6) is 5.75 Å². The van der Waals surface area contributed by atoms with E-state index in [0.717, 1.165) is 31.6 Å². The Morgan fingerprint density at radius 2 is 1.91 bits per heavy atom. The maximum Gasteiger partial charge on any atom is 0.407 e. The van der Waals surface area contributed by atoms with Gasteiger partial charge in [-0.1, -0.05) is 18.2 Å². The molecule has 0 saturated heterocycles. The summed E-state index contributed by atoms with van der Waals surface area (Å²) in [5.41, 5.74) is -0.208. The number of carbonyl (C=O) groups is 1. The summed E-state index contributed by atoms with van der Waals surface area (Å²) >= 11 is 0. The molecule has 4 heteroatoms. The molecule has 3 saturated carbocycles. The van der Waals surface area contributed by atoms with Crippen LogP contribution in [-0.2, 0) is 4.74 Å². The standard InChI is InChI=1S/C18H25NO3/c1-17(2,3)22-16(20)19-15-11-18(9-13(15)10-18)12-21-14-7-5-4-6-8-14/h4-8,13,15H,9-12H2,1-3H3,(H,19,20)/t13?,15-,18?/m0/s1. The molecule has 0 aliphatic heterocycles. The summed E-state index contributed by atoms with van der Waals surface area (Å²) in [6.45, 7) is 6.39. The molecule has 4 nitrogen and oxygen atoms in total. The quantitative estimate of drug-likeness (QED) is 0.921. The number of rotatable bonds is 4. The molecule has 1 aromatic carbocycles. The van der Waals surface area contributed by atoms with Crippen molar-refractivity contribution >= 4 is 6.09 Å². The molecule has 0 aromatic heterocycles. The third kappa shape index (κ3) is 3.37. The van der Waals surface area contributed by atoms with Crippen LogP contribution >= 0.6 is 0 Å². The van der Waals surface area contributed by atoms with E-state index in [1.165, 1.54) is 0 Å². The molecule has 0 radical (unpaired) electrons. The lowest BCUT2D eigenvalue weighted by atomic mass is 9.70. The largest absolute Gasteiger partial charge is 0.493 e. The van der Waals surface area contributed by atoms with Gasteiger partial charge in [-0.2, -0.15) is 0 Å². The number of alkyl carbamates (subject to hydrolysis) is 1. The van der Waals surface area contributed by atoms with Gasteiger partial charge in [0.15, 0.2) is 0 Å². The molecule has 120 valence electrons. The molecule has 3 aliphatic carbocycles. The molecule has 1 N–H and O–H groups in total. The van der Waals surface area contributed by atoms with Gasteiger partial charge < -0.3 is 14.8 Å². The first-order chi connectivity index (χ1) is 10.4. The van der Waals surface area contributed by atoms with E-state index in [-0.39, 0.29) is 17.6 Å². The fraction of sp³-hybridized carbons (Fsp3) is 0.611. The predicted octanol–water partition coefficient (Wildman–Crippen LogP) is 3.76. The van der Waals surface area contributed by atoms with Gasteiger partial charge in [-0.05, 0) is 58.1 Å². The summed E-state index contributed by atoms with van der Waals surface area (Å²) in [7, 11) is 0. The second-order valence-corrected chi connectivity index (χ2v) is 7.73. The fourth-order valence-electron chi connectivity index (χ4n) is 3.69. The highest BCUT2D eigenvalue weighted by Crippen LogP contribution is 2.58. The summed E-state index contributed by atoms with van der Waals surface area (Å²) in [5, 5.41) is 3.03. The number of carbonyl (C=O) groups excluding carboxylic acids is 1. The topological polar surface area (TPSA) is 47.6 Å². The Labute approximate surface area is 132 Å². The van der Waals surface area contributed by atoms with Gasteiger partial charge in [-0.25, -0.2) is 4.79 Å². The van der Waals surface area contributed by atoms with E-state index < -0.39 is 5.60 Å². The van der Waals surface area contributed by atoms with Crippen LogP contribution in [0.3, 0.4) is 0 Å². The Morgan fingerprint density at radius 1 is 1.23 bits per heavy atom. The first kappa shape index (κ1) is 15.2. The third-order valence-corrected chi connectivity index (χ3v) is 4.60. The minimum atomic E-state index is -0.445. The number of amides is 1. The second kappa shape index (κ2) is 5.49. The van der Waals surface area contributed by atoms with Crippen molar-refractivity contribution in [3.05, 3.63) is 30.3 Å². The smallest absolute Gasteiger partial charge is 0.407 e. The number of hydrogen-bond acceptors (Lipinski definition) is 3. The number of nitrogens with one attached hydrogen (secondary N) is 1. The van der Waals surface area contributed by atoms with E-state index >= 15 is 0 Å². The Balaban J connectivity index is 1.49. The highest BCUT2D eigenvalue weighted by Gasteiger charge is 2.57. The van der Waals surface area contributed by atoms with Crippen molar-refractivity contribution in [2.24, 2.45) is 11.3 Å². The number of benzene rings is 1. The first-order valence-electron chi connectivity index (χ1n) is 8.03. The Morgan fingerprint density at radius 3 is 2.55 bits per heavy atom. The minimum absolute atomic E-state index is 0.231. The van der Waals surface area contributed by atoms with Gasteiger partial charge in [-0.3, -0.25) is 0 Å². The molecule has 1 aromatic rings. The normalized spacial score (nSPS) is 29.6. The number of ether oxygens (including phenoxy) is 2. The van der Waals surface area contributed by atoms with Crippen molar-refractivity contribution in [2.75, 3.05) is 6.61 Å². The lowest BCUT2D eigenvalue weighted by Crippen LogP contribution is -2.40. The maximum atomic E-state index is 11.9. The maximum absolute atomic E-state index is 11.9. The first-order valence-corrected chi connectivity index (χ1v) is 8.03. The van der Waals surface area contributed by atoms with Gasteiger partial charge in [0.1, 0.15) is 11.4 Å². The van der Waals surface area contributed by atoms with E-state index in [4.69, 9.17) is 9.47 Å². The van der Waals surface area contributed by atoms with Gasteiger partial charge in [0.05, 0.1) is 6.61 Å². The van der Waals surface area contributed by atoms with Crippen LogP contribution in [0.1, 0.15) is 40.0 Å². The van der Waals surface area contributed by atoms with Crippen molar-refractivity contribution in [3.63, 3.8) is 0 Å². The lowest BCUT2D eigenvalue weighted by Gasteiger charge is -2.37. The molecule has 0 unspecified atom stereocenters. The van der Waals surface area contributed by atoms with Crippen molar-refractivity contribution in [2.45, 2.75) is 51.7 Å². The summed E-state index contributed by atoms with van der Waals surface area (Å²) < 4.78 is 11.3. The molecule has 1 atom stereocenters. The number of hydrogen-bond donors (Lipinski definition) is 1. The fourth-order valence-corrected chi connectivity index (χ4v) is 3.69. The van der Waals surface area contributed by atoms with E-state index in [1.807, 2.05) is 51.1 Å². The van der Waals surface area contributed by atoms with Crippen LogP contribution in [0.15, 0.2) is 30.3 Å². The molecular weight excluding hydrogens is 278 g/mol. The lowest BCUT2D eigenvalue weighted by molar-refractivity contribution is 0.0482. The van der Waals surface area contributed by atoms with Gasteiger partial charge >= 0.3 is 6.09 Å². The van der Waals surface area contributed by atoms with Crippen molar-refractivity contribution < 1.29 is 14.3 Å². The highest BCUT2D eigenvalue weighted by molar-refractivity contribution is 5.68. The zero-order chi connectivity index (χ0) is 15.8. The summed E-state index contributed by atoms with van der Waals surface area (Å²) in [4.78, 5) is 11.9. The minimum Gasteiger partial charge on any atom is -0.493 e. The average molecular weight is 303 g/mol. The summed E-state index contributed by atoms with van der Waals surface area (Å²) in [5.74, 6) is 1.50. The summed E-state index contributed by atoms with van der Waals surface area (Å²) in [6, 6.07) is 10.2.